The fourth-order valence-electron chi connectivity index (χ4n) is 2.26. The normalized spacial score (nSPS) is 11.1. The van der Waals surface area contributed by atoms with Gasteiger partial charge in [0, 0.05) is 13.2 Å². The molecule has 0 bridgehead atoms. The summed E-state index contributed by atoms with van der Waals surface area (Å²) in [7, 11) is 1.18. The Morgan fingerprint density at radius 3 is 1.11 bits per heavy atom. The molecule has 0 heterocycles. The van der Waals surface area contributed by atoms with Crippen LogP contribution in [0.15, 0.2) is 0 Å². The van der Waals surface area contributed by atoms with Crippen LogP contribution in [0.3, 0.4) is 0 Å². The summed E-state index contributed by atoms with van der Waals surface area (Å²) in [6.45, 7) is 0.725. The van der Waals surface area contributed by atoms with Crippen molar-refractivity contribution in [2.75, 3.05) is 25.5 Å². The van der Waals surface area contributed by atoms with Crippen LogP contribution < -0.4 is 0 Å². The molecule has 0 fully saturated rings. The van der Waals surface area contributed by atoms with Crippen molar-refractivity contribution in [2.45, 2.75) is 77.0 Å². The Bertz CT molecular complexity index is 138. The van der Waals surface area contributed by atoms with Gasteiger partial charge in [0.2, 0.25) is 0 Å². The van der Waals surface area contributed by atoms with Crippen LogP contribution in [0.5, 0.6) is 0 Å². The van der Waals surface area contributed by atoms with Crippen LogP contribution in [0.4, 0.5) is 0 Å². The summed E-state index contributed by atoms with van der Waals surface area (Å²) in [6.07, 6.45) is 18.2. The van der Waals surface area contributed by atoms with Crippen molar-refractivity contribution in [1.82, 2.24) is 0 Å². The molecule has 0 saturated carbocycles. The van der Waals surface area contributed by atoms with Crippen LogP contribution in [0.25, 0.3) is 0 Å². The molecule has 3 heteroatoms. The number of aliphatic hydroxyl groups is 2. The van der Waals surface area contributed by atoms with Gasteiger partial charge in [0.25, 0.3) is 0 Å². The third-order valence-electron chi connectivity index (χ3n) is 3.52. The van der Waals surface area contributed by atoms with E-state index in [0.717, 1.165) is 12.8 Å². The fourth-order valence-corrected chi connectivity index (χ4v) is 3.51. The van der Waals surface area contributed by atoms with Gasteiger partial charge in [-0.05, 0) is 38.0 Å². The summed E-state index contributed by atoms with van der Waals surface area (Å²) < 4.78 is 0. The molecule has 0 atom stereocenters. The van der Waals surface area contributed by atoms with Crippen molar-refractivity contribution in [3.05, 3.63) is 0 Å². The average Bonchev–Trinajstić information content (AvgIpc) is 2.43. The second kappa shape index (κ2) is 18.4. The second-order valence-corrected chi connectivity index (χ2v) is 6.94. The molecule has 0 aliphatic heterocycles. The first-order valence-electron chi connectivity index (χ1n) is 8.34. The molecule has 116 valence electrons. The smallest absolute Gasteiger partial charge is 0.0431 e. The molecular weight excluding hydrogens is 255 g/mol. The number of hydrogen-bond donors (Lipinski definition) is 2. The summed E-state index contributed by atoms with van der Waals surface area (Å²) >= 11 is 0. The van der Waals surface area contributed by atoms with Gasteiger partial charge in [-0.3, -0.25) is 0 Å². The van der Waals surface area contributed by atoms with Crippen LogP contribution >= 0.6 is 8.58 Å². The van der Waals surface area contributed by atoms with Gasteiger partial charge < -0.3 is 10.2 Å². The SMILES string of the molecule is OCCCCCCCCPCCCCCCCCO. The van der Waals surface area contributed by atoms with Gasteiger partial charge in [0.15, 0.2) is 0 Å². The van der Waals surface area contributed by atoms with E-state index in [2.05, 4.69) is 0 Å². The van der Waals surface area contributed by atoms with Crippen molar-refractivity contribution in [3.8, 4) is 0 Å². The lowest BCUT2D eigenvalue weighted by Crippen LogP contribution is -1.87. The van der Waals surface area contributed by atoms with Gasteiger partial charge >= 0.3 is 0 Å². The molecular formula is C16H35O2P. The summed E-state index contributed by atoms with van der Waals surface area (Å²) in [5.41, 5.74) is 0. The molecule has 0 amide bonds. The van der Waals surface area contributed by atoms with E-state index in [1.165, 1.54) is 85.1 Å². The van der Waals surface area contributed by atoms with Gasteiger partial charge in [-0.2, -0.15) is 0 Å². The average molecular weight is 290 g/mol. The molecule has 0 unspecified atom stereocenters. The van der Waals surface area contributed by atoms with Crippen molar-refractivity contribution >= 4 is 8.58 Å². The fraction of sp³-hybridized carbons (Fsp3) is 1.00. The zero-order valence-electron chi connectivity index (χ0n) is 12.7. The molecule has 2 N–H and O–H groups in total. The monoisotopic (exact) mass is 290 g/mol. The van der Waals surface area contributed by atoms with Crippen molar-refractivity contribution < 1.29 is 10.2 Å². The summed E-state index contributed by atoms with van der Waals surface area (Å²) in [4.78, 5) is 0. The highest BCUT2D eigenvalue weighted by Crippen LogP contribution is 2.17. The Balaban J connectivity index is 2.88. The maximum Gasteiger partial charge on any atom is 0.0431 e. The summed E-state index contributed by atoms with van der Waals surface area (Å²) in [6, 6.07) is 0. The summed E-state index contributed by atoms with van der Waals surface area (Å²) in [5, 5.41) is 17.3. The molecule has 19 heavy (non-hydrogen) atoms. The van der Waals surface area contributed by atoms with E-state index in [-0.39, 0.29) is 0 Å². The predicted octanol–water partition coefficient (Wildman–Crippen LogP) is 4.33. The molecule has 0 aromatic carbocycles. The highest BCUT2D eigenvalue weighted by molar-refractivity contribution is 7.37. The van der Waals surface area contributed by atoms with Gasteiger partial charge in [0.1, 0.15) is 0 Å². The Morgan fingerprint density at radius 2 is 0.737 bits per heavy atom. The van der Waals surface area contributed by atoms with E-state index in [4.69, 9.17) is 10.2 Å². The van der Waals surface area contributed by atoms with Gasteiger partial charge in [-0.15, -0.1) is 8.58 Å². The largest absolute Gasteiger partial charge is 0.396 e. The van der Waals surface area contributed by atoms with Crippen LogP contribution in [-0.4, -0.2) is 35.8 Å². The van der Waals surface area contributed by atoms with Gasteiger partial charge in [-0.1, -0.05) is 51.4 Å². The predicted molar refractivity (Wildman–Crippen MR) is 87.6 cm³/mol. The first-order valence-corrected chi connectivity index (χ1v) is 9.75. The molecule has 0 rings (SSSR count). The second-order valence-electron chi connectivity index (χ2n) is 5.44. The Kier molecular flexibility index (Phi) is 18.7. The lowest BCUT2D eigenvalue weighted by molar-refractivity contribution is 0.282. The third-order valence-corrected chi connectivity index (χ3v) is 4.94. The molecule has 0 radical (unpaired) electrons. The molecule has 0 spiro atoms. The Morgan fingerprint density at radius 1 is 0.421 bits per heavy atom. The van der Waals surface area contributed by atoms with E-state index in [9.17, 15) is 0 Å². The highest BCUT2D eigenvalue weighted by atomic mass is 31.1. The first-order chi connectivity index (χ1) is 9.41. The minimum Gasteiger partial charge on any atom is -0.396 e. The van der Waals surface area contributed by atoms with Crippen LogP contribution in [0.2, 0.25) is 0 Å². The van der Waals surface area contributed by atoms with Crippen LogP contribution in [0, 0.1) is 0 Å². The maximum atomic E-state index is 8.66. The number of aliphatic hydroxyl groups excluding tert-OH is 2. The number of unbranched alkanes of at least 4 members (excludes halogenated alkanes) is 10. The summed E-state index contributed by atoms with van der Waals surface area (Å²) in [5.74, 6) is 0. The minimum atomic E-state index is 0.362. The first kappa shape index (κ1) is 19.4. The van der Waals surface area contributed by atoms with Crippen LogP contribution in [0.1, 0.15) is 77.0 Å². The highest BCUT2D eigenvalue weighted by Gasteiger charge is 1.93. The van der Waals surface area contributed by atoms with Crippen molar-refractivity contribution in [3.63, 3.8) is 0 Å². The quantitative estimate of drug-likeness (QED) is 0.328. The molecule has 0 aliphatic carbocycles. The van der Waals surface area contributed by atoms with Crippen LogP contribution in [-0.2, 0) is 0 Å². The maximum absolute atomic E-state index is 8.66. The van der Waals surface area contributed by atoms with Crippen molar-refractivity contribution in [2.24, 2.45) is 0 Å². The zero-order chi connectivity index (χ0) is 14.0. The topological polar surface area (TPSA) is 40.5 Å². The Labute approximate surface area is 122 Å². The van der Waals surface area contributed by atoms with E-state index >= 15 is 0 Å². The lowest BCUT2D eigenvalue weighted by atomic mass is 10.1. The van der Waals surface area contributed by atoms with E-state index in [1.54, 1.807) is 0 Å². The molecule has 0 aromatic heterocycles. The third kappa shape index (κ3) is 18.4. The van der Waals surface area contributed by atoms with Gasteiger partial charge in [0.05, 0.1) is 0 Å². The molecule has 0 aliphatic rings. The minimum absolute atomic E-state index is 0.362. The van der Waals surface area contributed by atoms with Crippen molar-refractivity contribution in [1.29, 1.82) is 0 Å². The molecule has 0 saturated heterocycles. The van der Waals surface area contributed by atoms with E-state index in [1.807, 2.05) is 0 Å². The molecule has 0 aromatic rings. The van der Waals surface area contributed by atoms with E-state index < -0.39 is 0 Å². The van der Waals surface area contributed by atoms with E-state index in [0.29, 0.717) is 13.2 Å². The number of rotatable bonds is 16. The van der Waals surface area contributed by atoms with Gasteiger partial charge in [-0.25, -0.2) is 0 Å². The zero-order valence-corrected chi connectivity index (χ0v) is 13.7. The lowest BCUT2D eigenvalue weighted by Gasteiger charge is -2.03. The Hall–Kier alpha value is 0.350. The standard InChI is InChI=1S/C16H35O2P/c17-13-9-5-1-3-7-11-15-19-16-12-8-4-2-6-10-14-18/h17-19H,1-16H2. The number of hydrogen-bond acceptors (Lipinski definition) is 2. The molecule has 2 nitrogen and oxygen atoms in total.